The van der Waals surface area contributed by atoms with Gasteiger partial charge in [0.2, 0.25) is 0 Å². The Labute approximate surface area is 160 Å². The molecule has 3 rings (SSSR count). The van der Waals surface area contributed by atoms with Gasteiger partial charge in [0.05, 0.1) is 26.9 Å². The molecule has 1 aromatic carbocycles. The maximum atomic E-state index is 12.3. The molecule has 0 saturated heterocycles. The van der Waals surface area contributed by atoms with Gasteiger partial charge < -0.3 is 0 Å². The minimum absolute atomic E-state index is 0.0111. The van der Waals surface area contributed by atoms with Crippen LogP contribution in [0.2, 0.25) is 0 Å². The van der Waals surface area contributed by atoms with Crippen LogP contribution in [-0.2, 0) is 27.5 Å². The average Bonchev–Trinajstić information content (AvgIpc) is 3.12. The Hall–Kier alpha value is -1.97. The van der Waals surface area contributed by atoms with E-state index in [1.165, 1.54) is 23.7 Å². The van der Waals surface area contributed by atoms with Crippen molar-refractivity contribution in [1.82, 2.24) is 14.3 Å². The lowest BCUT2D eigenvalue weighted by Gasteiger charge is -2.02. The van der Waals surface area contributed by atoms with Crippen LogP contribution in [0, 0.1) is 13.8 Å². The molecule has 0 radical (unpaired) electrons. The second-order valence-electron chi connectivity index (χ2n) is 5.97. The highest BCUT2D eigenvalue weighted by atomic mass is 32.2. The van der Waals surface area contributed by atoms with E-state index in [1.54, 1.807) is 23.5 Å². The number of thiazole rings is 1. The number of benzene rings is 1. The first kappa shape index (κ1) is 18.8. The molecule has 0 unspecified atom stereocenters. The summed E-state index contributed by atoms with van der Waals surface area (Å²) in [5.74, 6) is 0.635. The van der Waals surface area contributed by atoms with Crippen molar-refractivity contribution < 1.29 is 13.2 Å². The second kappa shape index (κ2) is 7.34. The summed E-state index contributed by atoms with van der Waals surface area (Å²) < 4.78 is 27.3. The maximum Gasteiger partial charge on any atom is 0.185 e. The second-order valence-corrected chi connectivity index (χ2v) is 10.0. The minimum Gasteiger partial charge on any atom is -0.299 e. The van der Waals surface area contributed by atoms with Gasteiger partial charge in [-0.25, -0.2) is 18.4 Å². The van der Waals surface area contributed by atoms with Gasteiger partial charge in [0, 0.05) is 12.7 Å². The molecule has 26 heavy (non-hydrogen) atoms. The fraction of sp³-hybridized carbons (Fsp3) is 0.294. The SMILES string of the molecule is Cc1nc(C)c(-c2nsc(CC(=O)Cc3ccc(S(C)(=O)=O)cc3)n2)s1. The molecule has 6 nitrogen and oxygen atoms in total. The molecule has 2 aromatic heterocycles. The van der Waals surface area contributed by atoms with E-state index in [9.17, 15) is 13.2 Å². The molecule has 0 amide bonds. The summed E-state index contributed by atoms with van der Waals surface area (Å²) in [5, 5.41) is 1.63. The fourth-order valence-corrected chi connectivity index (χ4v) is 4.69. The first-order chi connectivity index (χ1) is 12.2. The van der Waals surface area contributed by atoms with Crippen molar-refractivity contribution in [3.8, 4) is 10.7 Å². The standard InChI is InChI=1S/C17H17N3O3S3/c1-10-16(24-11(2)18-10)17-19-15(25-20-17)9-13(21)8-12-4-6-14(7-5-12)26(3,22)23/h4-7H,8-9H2,1-3H3. The Kier molecular flexibility index (Phi) is 5.31. The van der Waals surface area contributed by atoms with E-state index in [2.05, 4.69) is 14.3 Å². The molecule has 0 fully saturated rings. The van der Waals surface area contributed by atoms with Crippen LogP contribution in [0.4, 0.5) is 0 Å². The number of carbonyl (C=O) groups excluding carboxylic acids is 1. The lowest BCUT2D eigenvalue weighted by atomic mass is 10.1. The number of Topliss-reactive ketones (excluding diaryl/α,β-unsaturated/α-hetero) is 1. The zero-order valence-corrected chi connectivity index (χ0v) is 17.0. The van der Waals surface area contributed by atoms with Gasteiger partial charge in [-0.05, 0) is 43.1 Å². The summed E-state index contributed by atoms with van der Waals surface area (Å²) in [6, 6.07) is 6.39. The first-order valence-corrected chi connectivity index (χ1v) is 11.3. The number of aryl methyl sites for hydroxylation is 2. The summed E-state index contributed by atoms with van der Waals surface area (Å²) >= 11 is 2.77. The van der Waals surface area contributed by atoms with Crippen molar-refractivity contribution in [2.45, 2.75) is 31.6 Å². The van der Waals surface area contributed by atoms with Crippen molar-refractivity contribution >= 4 is 38.5 Å². The fourth-order valence-electron chi connectivity index (χ4n) is 2.47. The summed E-state index contributed by atoms with van der Waals surface area (Å²) in [6.07, 6.45) is 1.60. The van der Waals surface area contributed by atoms with Crippen LogP contribution in [0.5, 0.6) is 0 Å². The Morgan fingerprint density at radius 3 is 2.35 bits per heavy atom. The topological polar surface area (TPSA) is 89.9 Å². The number of sulfone groups is 1. The molecule has 0 aliphatic heterocycles. The predicted molar refractivity (Wildman–Crippen MR) is 102 cm³/mol. The van der Waals surface area contributed by atoms with E-state index in [4.69, 9.17) is 0 Å². The van der Waals surface area contributed by atoms with Crippen LogP contribution in [0.25, 0.3) is 10.7 Å². The van der Waals surface area contributed by atoms with E-state index in [0.29, 0.717) is 10.8 Å². The molecule has 3 aromatic rings. The Balaban J connectivity index is 1.66. The average molecular weight is 408 g/mol. The third-order valence-corrected chi connectivity index (χ3v) is 6.58. The lowest BCUT2D eigenvalue weighted by Crippen LogP contribution is -2.06. The molecule has 9 heteroatoms. The summed E-state index contributed by atoms with van der Waals surface area (Å²) in [5.41, 5.74) is 1.68. The van der Waals surface area contributed by atoms with E-state index in [-0.39, 0.29) is 23.5 Å². The molecule has 0 spiro atoms. The van der Waals surface area contributed by atoms with Crippen LogP contribution in [0.15, 0.2) is 29.2 Å². The number of hydrogen-bond donors (Lipinski definition) is 0. The zero-order chi connectivity index (χ0) is 18.9. The van der Waals surface area contributed by atoms with Crippen LogP contribution >= 0.6 is 22.9 Å². The Bertz CT molecular complexity index is 1050. The third kappa shape index (κ3) is 4.40. The highest BCUT2D eigenvalue weighted by Crippen LogP contribution is 2.28. The minimum atomic E-state index is -3.23. The number of ketones is 1. The molecule has 0 N–H and O–H groups in total. The zero-order valence-electron chi connectivity index (χ0n) is 14.5. The lowest BCUT2D eigenvalue weighted by molar-refractivity contribution is -0.117. The molecule has 0 saturated carbocycles. The third-order valence-electron chi connectivity index (χ3n) is 3.68. The van der Waals surface area contributed by atoms with Gasteiger partial charge >= 0.3 is 0 Å². The molecular weight excluding hydrogens is 390 g/mol. The van der Waals surface area contributed by atoms with Crippen molar-refractivity contribution in [2.24, 2.45) is 0 Å². The number of nitrogens with zero attached hydrogens (tertiary/aromatic N) is 3. The quantitative estimate of drug-likeness (QED) is 0.624. The van der Waals surface area contributed by atoms with Crippen molar-refractivity contribution in [3.05, 3.63) is 45.5 Å². The van der Waals surface area contributed by atoms with Crippen LogP contribution in [-0.4, -0.2) is 34.8 Å². The van der Waals surface area contributed by atoms with Crippen molar-refractivity contribution in [2.75, 3.05) is 6.26 Å². The highest BCUT2D eigenvalue weighted by molar-refractivity contribution is 7.90. The van der Waals surface area contributed by atoms with Crippen LogP contribution in [0.3, 0.4) is 0 Å². The number of aromatic nitrogens is 3. The van der Waals surface area contributed by atoms with Crippen molar-refractivity contribution in [1.29, 1.82) is 0 Å². The summed E-state index contributed by atoms with van der Waals surface area (Å²) in [4.78, 5) is 22.3. The first-order valence-electron chi connectivity index (χ1n) is 7.80. The summed E-state index contributed by atoms with van der Waals surface area (Å²) in [6.45, 7) is 3.86. The largest absolute Gasteiger partial charge is 0.299 e. The van der Waals surface area contributed by atoms with Crippen molar-refractivity contribution in [3.63, 3.8) is 0 Å². The van der Waals surface area contributed by atoms with Crippen LogP contribution in [0.1, 0.15) is 21.3 Å². The number of carbonyl (C=O) groups is 1. The van der Waals surface area contributed by atoms with Crippen LogP contribution < -0.4 is 0 Å². The number of rotatable bonds is 6. The summed E-state index contributed by atoms with van der Waals surface area (Å²) in [7, 11) is -3.23. The predicted octanol–water partition coefficient (Wildman–Crippen LogP) is 3.04. The van der Waals surface area contributed by atoms with Gasteiger partial charge in [-0.15, -0.1) is 11.3 Å². The van der Waals surface area contributed by atoms with E-state index in [1.807, 2.05) is 13.8 Å². The maximum absolute atomic E-state index is 12.3. The molecule has 2 heterocycles. The van der Waals surface area contributed by atoms with Gasteiger partial charge in [-0.2, -0.15) is 4.37 Å². The van der Waals surface area contributed by atoms with Gasteiger partial charge in [0.15, 0.2) is 15.7 Å². The molecule has 0 aliphatic rings. The van der Waals surface area contributed by atoms with Gasteiger partial charge in [0.1, 0.15) is 10.8 Å². The highest BCUT2D eigenvalue weighted by Gasteiger charge is 2.15. The Morgan fingerprint density at radius 1 is 1.08 bits per heavy atom. The van der Waals surface area contributed by atoms with Gasteiger partial charge in [-0.3, -0.25) is 4.79 Å². The molecule has 0 atom stereocenters. The molecule has 0 bridgehead atoms. The van der Waals surface area contributed by atoms with E-state index < -0.39 is 9.84 Å². The van der Waals surface area contributed by atoms with E-state index >= 15 is 0 Å². The molecular formula is C17H17N3O3S3. The monoisotopic (exact) mass is 407 g/mol. The Morgan fingerprint density at radius 2 is 1.77 bits per heavy atom. The molecule has 0 aliphatic carbocycles. The smallest absolute Gasteiger partial charge is 0.185 e. The number of hydrogen-bond acceptors (Lipinski definition) is 8. The van der Waals surface area contributed by atoms with Gasteiger partial charge in [0.25, 0.3) is 0 Å². The normalized spacial score (nSPS) is 11.7. The van der Waals surface area contributed by atoms with E-state index in [0.717, 1.165) is 27.4 Å². The van der Waals surface area contributed by atoms with Gasteiger partial charge in [-0.1, -0.05) is 12.1 Å². The molecule has 136 valence electrons.